The molecule has 0 amide bonds. The van der Waals surface area contributed by atoms with Crippen LogP contribution in [0.25, 0.3) is 21.8 Å². The number of nitrogens with zero attached hydrogens (tertiary/aromatic N) is 2. The molecule has 0 aliphatic rings. The molecule has 4 rings (SSSR count). The van der Waals surface area contributed by atoms with Gasteiger partial charge in [-0.2, -0.15) is 0 Å². The predicted molar refractivity (Wildman–Crippen MR) is 118 cm³/mol. The fourth-order valence-corrected chi connectivity index (χ4v) is 4.32. The van der Waals surface area contributed by atoms with Gasteiger partial charge in [-0.1, -0.05) is 34.7 Å². The smallest absolute Gasteiger partial charge is 0.870 e. The van der Waals surface area contributed by atoms with Gasteiger partial charge in [0.1, 0.15) is 0 Å². The van der Waals surface area contributed by atoms with E-state index >= 15 is 0 Å². The predicted octanol–water partition coefficient (Wildman–Crippen LogP) is 5.13. The summed E-state index contributed by atoms with van der Waals surface area (Å²) >= 11 is 15.8. The van der Waals surface area contributed by atoms with E-state index in [-0.39, 0.29) is 28.6 Å². The van der Waals surface area contributed by atoms with E-state index in [9.17, 15) is 10.2 Å². The third-order valence-corrected chi connectivity index (χ3v) is 5.73. The number of hydrogen-bond donors (Lipinski definition) is 0. The number of halogens is 4. The van der Waals surface area contributed by atoms with Crippen LogP contribution in [0.5, 0.6) is 11.5 Å². The van der Waals surface area contributed by atoms with Crippen LogP contribution in [0.1, 0.15) is 0 Å². The largest absolute Gasteiger partial charge is 2.00 e. The molecule has 0 fully saturated rings. The standard InChI is InChI=1S/2C9H5ClINO.Cu/c2*10-6-4-7(11)9(13)8-5(6)2-1-3-12-8;/h2*1-4,13H;/q;;+2/p-2/i;;1+3. The summed E-state index contributed by atoms with van der Waals surface area (Å²) in [6.07, 6.45) is 3.19. The Labute approximate surface area is 203 Å². The van der Waals surface area contributed by atoms with Crippen LogP contribution in [0.3, 0.4) is 0 Å². The molecular formula is C18H8Cl2CuI2N2O2. The van der Waals surface area contributed by atoms with Crippen LogP contribution in [0.4, 0.5) is 0 Å². The zero-order valence-electron chi connectivity index (χ0n) is 13.1. The van der Waals surface area contributed by atoms with Crippen LogP contribution < -0.4 is 10.2 Å². The maximum Gasteiger partial charge on any atom is 2.00 e. The van der Waals surface area contributed by atoms with Crippen molar-refractivity contribution in [3.05, 3.63) is 66.0 Å². The number of fused-ring (bicyclic) bond motifs is 2. The molecule has 4 aromatic rings. The molecule has 0 aliphatic carbocycles. The quantitative estimate of drug-likeness (QED) is 0.192. The fraction of sp³-hybridized carbons (Fsp3) is 0. The molecule has 4 nitrogen and oxygen atoms in total. The number of rotatable bonds is 0. The van der Waals surface area contributed by atoms with E-state index in [0.29, 0.717) is 28.2 Å². The maximum atomic E-state index is 11.6. The van der Waals surface area contributed by atoms with Gasteiger partial charge < -0.3 is 10.2 Å². The summed E-state index contributed by atoms with van der Waals surface area (Å²) in [5, 5.41) is 25.7. The molecule has 0 atom stereocenters. The van der Waals surface area contributed by atoms with Gasteiger partial charge in [0.05, 0.1) is 21.1 Å². The second-order valence-corrected chi connectivity index (χ2v) is 8.28. The van der Waals surface area contributed by atoms with Gasteiger partial charge in [-0.3, -0.25) is 9.97 Å². The van der Waals surface area contributed by atoms with Crippen molar-refractivity contribution in [1.29, 1.82) is 0 Å². The minimum Gasteiger partial charge on any atom is -0.870 e. The molecule has 2 aromatic heterocycles. The van der Waals surface area contributed by atoms with E-state index in [1.54, 1.807) is 48.8 Å². The van der Waals surface area contributed by atoms with E-state index < -0.39 is 0 Å². The van der Waals surface area contributed by atoms with Crippen LogP contribution >= 0.6 is 68.4 Å². The topological polar surface area (TPSA) is 71.9 Å². The van der Waals surface area contributed by atoms with Gasteiger partial charge >= 0.3 is 17.1 Å². The maximum absolute atomic E-state index is 11.6. The van der Waals surface area contributed by atoms with Gasteiger partial charge in [0.15, 0.2) is 0 Å². The van der Waals surface area contributed by atoms with Crippen molar-refractivity contribution >= 4 is 90.2 Å². The Balaban J connectivity index is 0.000000187. The van der Waals surface area contributed by atoms with Crippen molar-refractivity contribution in [2.75, 3.05) is 0 Å². The van der Waals surface area contributed by atoms with Gasteiger partial charge in [0, 0.05) is 30.3 Å². The zero-order chi connectivity index (χ0) is 18.8. The SMILES string of the molecule is [67Cu+2].[O-]c1c(I)cc(Cl)c2cccnc12.[O-]c1c(I)cc(Cl)c2cccnc12. The van der Waals surface area contributed by atoms with Crippen molar-refractivity contribution in [2.24, 2.45) is 0 Å². The average Bonchev–Trinajstić information content (AvgIpc) is 2.65. The third-order valence-electron chi connectivity index (χ3n) is 3.50. The average molecular weight is 676 g/mol. The molecule has 27 heavy (non-hydrogen) atoms. The van der Waals surface area contributed by atoms with Gasteiger partial charge in [-0.05, 0) is 81.6 Å². The monoisotopic (exact) mass is 675 g/mol. The van der Waals surface area contributed by atoms with Crippen LogP contribution in [0.2, 0.25) is 10.0 Å². The molecule has 0 aliphatic heterocycles. The first-order chi connectivity index (χ1) is 12.4. The van der Waals surface area contributed by atoms with E-state index in [1.807, 2.05) is 45.2 Å². The van der Waals surface area contributed by atoms with E-state index in [2.05, 4.69) is 9.97 Å². The molecule has 2 heterocycles. The van der Waals surface area contributed by atoms with Gasteiger partial charge in [-0.15, -0.1) is 0 Å². The summed E-state index contributed by atoms with van der Waals surface area (Å²) in [6.45, 7) is 0. The van der Waals surface area contributed by atoms with E-state index in [1.165, 1.54) is 0 Å². The van der Waals surface area contributed by atoms with Crippen molar-refractivity contribution in [1.82, 2.24) is 9.97 Å². The fourth-order valence-electron chi connectivity index (χ4n) is 2.29. The van der Waals surface area contributed by atoms with Crippen LogP contribution in [0.15, 0.2) is 48.8 Å². The minimum absolute atomic E-state index is 0. The zero-order valence-corrected chi connectivity index (χ0v) is 19.9. The van der Waals surface area contributed by atoms with Crippen LogP contribution in [0, 0.1) is 7.14 Å². The van der Waals surface area contributed by atoms with E-state index in [0.717, 1.165) is 10.8 Å². The Morgan fingerprint density at radius 3 is 1.48 bits per heavy atom. The van der Waals surface area contributed by atoms with Gasteiger partial charge in [-0.25, -0.2) is 0 Å². The Morgan fingerprint density at radius 1 is 0.741 bits per heavy atom. The molecule has 9 heteroatoms. The first-order valence-electron chi connectivity index (χ1n) is 7.19. The van der Waals surface area contributed by atoms with Crippen molar-refractivity contribution < 1.29 is 27.3 Å². The molecule has 2 aromatic carbocycles. The van der Waals surface area contributed by atoms with Gasteiger partial charge in [0.2, 0.25) is 0 Å². The van der Waals surface area contributed by atoms with Crippen LogP contribution in [-0.4, -0.2) is 9.97 Å². The first kappa shape index (κ1) is 22.7. The molecule has 0 unspecified atom stereocenters. The molecule has 141 valence electrons. The molecule has 0 N–H and O–H groups in total. The van der Waals surface area contributed by atoms with E-state index in [4.69, 9.17) is 23.2 Å². The Hall–Kier alpha value is -0.581. The Bertz CT molecular complexity index is 1040. The minimum atomic E-state index is -0.0550. The first-order valence-corrected chi connectivity index (χ1v) is 10.1. The summed E-state index contributed by atoms with van der Waals surface area (Å²) in [7, 11) is 0. The van der Waals surface area contributed by atoms with Crippen molar-refractivity contribution in [3.8, 4) is 11.5 Å². The number of benzene rings is 2. The molecule has 0 saturated heterocycles. The summed E-state index contributed by atoms with van der Waals surface area (Å²) in [5.74, 6) is -0.110. The molecule has 0 saturated carbocycles. The molecule has 0 bridgehead atoms. The summed E-state index contributed by atoms with van der Waals surface area (Å²) in [6, 6.07) is 10.4. The van der Waals surface area contributed by atoms with Gasteiger partial charge in [0.25, 0.3) is 0 Å². The van der Waals surface area contributed by atoms with Crippen molar-refractivity contribution in [2.45, 2.75) is 0 Å². The second-order valence-electron chi connectivity index (χ2n) is 5.14. The third kappa shape index (κ3) is 4.89. The van der Waals surface area contributed by atoms with Crippen molar-refractivity contribution in [3.63, 3.8) is 0 Å². The Kier molecular flexibility index (Phi) is 8.20. The summed E-state index contributed by atoms with van der Waals surface area (Å²) in [5.41, 5.74) is 0.888. The number of pyridine rings is 2. The number of aromatic nitrogens is 2. The number of hydrogen-bond acceptors (Lipinski definition) is 4. The normalized spacial score (nSPS) is 10.2. The summed E-state index contributed by atoms with van der Waals surface area (Å²) < 4.78 is 1.21. The second kappa shape index (κ2) is 9.75. The molecular weight excluding hydrogens is 668 g/mol. The molecule has 1 radical (unpaired) electrons. The molecule has 0 spiro atoms. The van der Waals surface area contributed by atoms with Crippen LogP contribution in [-0.2, 0) is 17.1 Å². The Morgan fingerprint density at radius 2 is 1.11 bits per heavy atom. The summed E-state index contributed by atoms with van der Waals surface area (Å²) in [4.78, 5) is 8.00.